The lowest BCUT2D eigenvalue weighted by Gasteiger charge is -2.26. The molecule has 1 aliphatic rings. The highest BCUT2D eigenvalue weighted by atomic mass is 16.2. The molecule has 2 heterocycles. The van der Waals surface area contributed by atoms with Crippen molar-refractivity contribution in [2.45, 2.75) is 34.6 Å². The largest absolute Gasteiger partial charge is 0.335 e. The van der Waals surface area contributed by atoms with Crippen LogP contribution in [0.1, 0.15) is 33.6 Å². The Bertz CT molecular complexity index is 1280. The van der Waals surface area contributed by atoms with Gasteiger partial charge in [0.25, 0.3) is 11.8 Å². The van der Waals surface area contributed by atoms with E-state index in [9.17, 15) is 14.4 Å². The monoisotopic (exact) mass is 427 g/mol. The maximum absolute atomic E-state index is 13.2. The van der Waals surface area contributed by atoms with E-state index in [-0.39, 0.29) is 5.57 Å². The van der Waals surface area contributed by atoms with Gasteiger partial charge in [0.15, 0.2) is 0 Å². The van der Waals surface area contributed by atoms with Gasteiger partial charge >= 0.3 is 6.03 Å². The molecule has 2 aromatic carbocycles. The van der Waals surface area contributed by atoms with Gasteiger partial charge in [-0.25, -0.2) is 9.69 Å². The quantitative estimate of drug-likeness (QED) is 0.487. The molecular formula is C26H25N3O3. The molecule has 0 atom stereocenters. The van der Waals surface area contributed by atoms with E-state index in [0.29, 0.717) is 5.69 Å². The Kier molecular flexibility index (Phi) is 5.30. The average Bonchev–Trinajstić information content (AvgIpc) is 2.98. The van der Waals surface area contributed by atoms with Crippen molar-refractivity contribution in [3.8, 4) is 5.69 Å². The normalized spacial score (nSPS) is 15.5. The predicted octanol–water partition coefficient (Wildman–Crippen LogP) is 4.69. The lowest BCUT2D eigenvalue weighted by molar-refractivity contribution is -0.122. The summed E-state index contributed by atoms with van der Waals surface area (Å²) in [6, 6.07) is 14.5. The van der Waals surface area contributed by atoms with E-state index in [4.69, 9.17) is 0 Å². The van der Waals surface area contributed by atoms with Crippen molar-refractivity contribution in [1.29, 1.82) is 0 Å². The molecule has 1 N–H and O–H groups in total. The van der Waals surface area contributed by atoms with Gasteiger partial charge in [-0.15, -0.1) is 0 Å². The molecule has 162 valence electrons. The first-order valence-corrected chi connectivity index (χ1v) is 10.4. The number of nitrogens with zero attached hydrogens (tertiary/aromatic N) is 2. The molecular weight excluding hydrogens is 402 g/mol. The Hall–Kier alpha value is -3.93. The number of barbiturate groups is 1. The third-order valence-corrected chi connectivity index (χ3v) is 5.63. The van der Waals surface area contributed by atoms with Crippen molar-refractivity contribution in [3.05, 3.63) is 87.7 Å². The van der Waals surface area contributed by atoms with E-state index in [0.717, 1.165) is 44.2 Å². The van der Waals surface area contributed by atoms with Crippen LogP contribution < -0.4 is 10.2 Å². The SMILES string of the molecule is Cc1ccc(N2C(=O)NC(=O)C(=Cc3cc(C)n(-c4cc(C)cc(C)c4)c3C)C2=O)cc1. The van der Waals surface area contributed by atoms with Crippen LogP contribution >= 0.6 is 0 Å². The summed E-state index contributed by atoms with van der Waals surface area (Å²) in [5.41, 5.74) is 7.31. The summed E-state index contributed by atoms with van der Waals surface area (Å²) >= 11 is 0. The zero-order chi connectivity index (χ0) is 23.2. The number of carbonyl (C=O) groups excluding carboxylic acids is 3. The second-order valence-corrected chi connectivity index (χ2v) is 8.30. The number of amides is 4. The van der Waals surface area contributed by atoms with E-state index in [1.165, 1.54) is 0 Å². The molecule has 1 fully saturated rings. The third-order valence-electron chi connectivity index (χ3n) is 5.63. The molecule has 0 saturated carbocycles. The maximum Gasteiger partial charge on any atom is 0.335 e. The zero-order valence-electron chi connectivity index (χ0n) is 18.8. The molecule has 1 aliphatic heterocycles. The minimum atomic E-state index is -0.748. The van der Waals surface area contributed by atoms with E-state index in [2.05, 4.69) is 41.9 Å². The summed E-state index contributed by atoms with van der Waals surface area (Å²) in [4.78, 5) is 39.1. The van der Waals surface area contributed by atoms with Crippen LogP contribution in [0.25, 0.3) is 11.8 Å². The van der Waals surface area contributed by atoms with Crippen molar-refractivity contribution in [1.82, 2.24) is 9.88 Å². The number of anilines is 1. The van der Waals surface area contributed by atoms with Crippen LogP contribution in [-0.2, 0) is 9.59 Å². The maximum atomic E-state index is 13.2. The predicted molar refractivity (Wildman–Crippen MR) is 125 cm³/mol. The molecule has 0 radical (unpaired) electrons. The highest BCUT2D eigenvalue weighted by molar-refractivity contribution is 6.39. The van der Waals surface area contributed by atoms with Gasteiger partial charge in [-0.05, 0) is 87.7 Å². The Morgan fingerprint density at radius 3 is 2.00 bits per heavy atom. The molecule has 1 saturated heterocycles. The fourth-order valence-corrected chi connectivity index (χ4v) is 4.15. The third kappa shape index (κ3) is 3.75. The second kappa shape index (κ2) is 7.96. The molecule has 0 unspecified atom stereocenters. The molecule has 1 aromatic heterocycles. The first-order valence-electron chi connectivity index (χ1n) is 10.4. The number of urea groups is 1. The fraction of sp³-hybridized carbons (Fsp3) is 0.192. The Labute approximate surface area is 187 Å². The smallest absolute Gasteiger partial charge is 0.318 e. The van der Waals surface area contributed by atoms with Crippen LogP contribution in [0.5, 0.6) is 0 Å². The fourth-order valence-electron chi connectivity index (χ4n) is 4.15. The van der Waals surface area contributed by atoms with Crippen LogP contribution in [0.3, 0.4) is 0 Å². The minimum absolute atomic E-state index is 0.0779. The van der Waals surface area contributed by atoms with E-state index >= 15 is 0 Å². The number of rotatable bonds is 3. The van der Waals surface area contributed by atoms with Crippen molar-refractivity contribution in [2.75, 3.05) is 4.90 Å². The number of nitrogens with one attached hydrogen (secondary N) is 1. The van der Waals surface area contributed by atoms with Gasteiger partial charge < -0.3 is 4.57 Å². The lowest BCUT2D eigenvalue weighted by atomic mass is 10.1. The van der Waals surface area contributed by atoms with Crippen molar-refractivity contribution in [2.24, 2.45) is 0 Å². The number of aryl methyl sites for hydroxylation is 4. The number of hydrogen-bond acceptors (Lipinski definition) is 3. The molecule has 0 bridgehead atoms. The first-order chi connectivity index (χ1) is 15.2. The van der Waals surface area contributed by atoms with Gasteiger partial charge in [0.05, 0.1) is 5.69 Å². The van der Waals surface area contributed by atoms with Gasteiger partial charge in [-0.1, -0.05) is 23.8 Å². The van der Waals surface area contributed by atoms with E-state index in [1.807, 2.05) is 39.0 Å². The highest BCUT2D eigenvalue weighted by Crippen LogP contribution is 2.27. The van der Waals surface area contributed by atoms with Gasteiger partial charge in [0.2, 0.25) is 0 Å². The summed E-state index contributed by atoms with van der Waals surface area (Å²) in [6.07, 6.45) is 1.56. The van der Waals surface area contributed by atoms with Gasteiger partial charge in [-0.2, -0.15) is 0 Å². The first kappa shape index (κ1) is 21.3. The number of aromatic nitrogens is 1. The summed E-state index contributed by atoms with van der Waals surface area (Å²) < 4.78 is 2.10. The molecule has 6 nitrogen and oxygen atoms in total. The highest BCUT2D eigenvalue weighted by Gasteiger charge is 2.37. The number of benzene rings is 2. The Balaban J connectivity index is 1.77. The Morgan fingerprint density at radius 2 is 1.38 bits per heavy atom. The van der Waals surface area contributed by atoms with Crippen LogP contribution in [-0.4, -0.2) is 22.4 Å². The molecule has 0 aliphatic carbocycles. The van der Waals surface area contributed by atoms with Crippen LogP contribution in [0.15, 0.2) is 54.1 Å². The van der Waals surface area contributed by atoms with Crippen LogP contribution in [0.2, 0.25) is 0 Å². The number of imide groups is 2. The summed E-state index contributed by atoms with van der Waals surface area (Å²) in [5, 5.41) is 2.28. The second-order valence-electron chi connectivity index (χ2n) is 8.30. The van der Waals surface area contributed by atoms with Gasteiger partial charge in [-0.3, -0.25) is 14.9 Å². The number of hydrogen-bond donors (Lipinski definition) is 1. The van der Waals surface area contributed by atoms with Gasteiger partial charge in [0.1, 0.15) is 5.57 Å². The molecule has 32 heavy (non-hydrogen) atoms. The standard InChI is InChI=1S/C26H25N3O3/c1-15-6-8-21(9-7-15)29-25(31)23(24(30)27-26(29)32)14-20-13-18(4)28(19(20)5)22-11-16(2)10-17(3)12-22/h6-14H,1-5H3,(H,27,30,32). The number of carbonyl (C=O) groups is 3. The topological polar surface area (TPSA) is 71.4 Å². The van der Waals surface area contributed by atoms with Crippen LogP contribution in [0.4, 0.5) is 10.5 Å². The summed E-state index contributed by atoms with van der Waals surface area (Å²) in [5.74, 6) is -1.33. The van der Waals surface area contributed by atoms with E-state index < -0.39 is 17.8 Å². The summed E-state index contributed by atoms with van der Waals surface area (Å²) in [7, 11) is 0. The zero-order valence-corrected chi connectivity index (χ0v) is 18.8. The molecule has 3 aromatic rings. The van der Waals surface area contributed by atoms with Gasteiger partial charge in [0, 0.05) is 17.1 Å². The van der Waals surface area contributed by atoms with Crippen molar-refractivity contribution < 1.29 is 14.4 Å². The molecule has 4 amide bonds. The Morgan fingerprint density at radius 1 is 0.750 bits per heavy atom. The lowest BCUT2D eigenvalue weighted by Crippen LogP contribution is -2.54. The average molecular weight is 428 g/mol. The van der Waals surface area contributed by atoms with Crippen LogP contribution in [0, 0.1) is 34.6 Å². The molecule has 0 spiro atoms. The van der Waals surface area contributed by atoms with Crippen molar-refractivity contribution in [3.63, 3.8) is 0 Å². The molecule has 4 rings (SSSR count). The minimum Gasteiger partial charge on any atom is -0.318 e. The summed E-state index contributed by atoms with van der Waals surface area (Å²) in [6.45, 7) is 9.95. The van der Waals surface area contributed by atoms with Crippen molar-refractivity contribution >= 4 is 29.6 Å². The molecule has 6 heteroatoms. The van der Waals surface area contributed by atoms with E-state index in [1.54, 1.807) is 18.2 Å².